The molecule has 0 radical (unpaired) electrons. The highest BCUT2D eigenvalue weighted by molar-refractivity contribution is 5.96. The fourth-order valence-electron chi connectivity index (χ4n) is 2.79. The van der Waals surface area contributed by atoms with Crippen molar-refractivity contribution < 1.29 is 32.7 Å². The molecule has 0 saturated heterocycles. The maximum atomic E-state index is 13.2. The van der Waals surface area contributed by atoms with Gasteiger partial charge in [-0.25, -0.2) is 18.8 Å². The van der Waals surface area contributed by atoms with E-state index in [0.717, 1.165) is 12.1 Å². The first-order valence-corrected chi connectivity index (χ1v) is 8.64. The molecule has 1 aliphatic rings. The monoisotopic (exact) mass is 403 g/mol. The van der Waals surface area contributed by atoms with Crippen LogP contribution in [-0.4, -0.2) is 31.2 Å². The molecule has 4 N–H and O–H groups in total. The number of ether oxygens (including phenoxy) is 2. The van der Waals surface area contributed by atoms with Crippen LogP contribution < -0.4 is 16.4 Å². The van der Waals surface area contributed by atoms with Gasteiger partial charge in [-0.05, 0) is 37.3 Å². The molecule has 1 unspecified atom stereocenters. The Morgan fingerprint density at radius 1 is 1.24 bits per heavy atom. The van der Waals surface area contributed by atoms with Gasteiger partial charge in [0.25, 0.3) is 0 Å². The number of carbonyl (C=O) groups excluding carboxylic acids is 3. The molecule has 29 heavy (non-hydrogen) atoms. The molecule has 9 nitrogen and oxygen atoms in total. The summed E-state index contributed by atoms with van der Waals surface area (Å²) in [7, 11) is 0. The van der Waals surface area contributed by atoms with Crippen molar-refractivity contribution in [1.29, 1.82) is 0 Å². The Balaban J connectivity index is 1.89. The van der Waals surface area contributed by atoms with Crippen LogP contribution in [0.1, 0.15) is 29.1 Å². The topological polar surface area (TPSA) is 133 Å². The third-order valence-corrected chi connectivity index (χ3v) is 4.06. The van der Waals surface area contributed by atoms with Gasteiger partial charge in [-0.2, -0.15) is 0 Å². The normalized spacial score (nSPS) is 16.1. The van der Waals surface area contributed by atoms with Gasteiger partial charge in [-0.1, -0.05) is 0 Å². The van der Waals surface area contributed by atoms with Crippen LogP contribution in [0.2, 0.25) is 0 Å². The summed E-state index contributed by atoms with van der Waals surface area (Å²) < 4.78 is 28.7. The van der Waals surface area contributed by atoms with E-state index in [0.29, 0.717) is 5.76 Å². The Bertz CT molecular complexity index is 970. The predicted octanol–water partition coefficient (Wildman–Crippen LogP) is 2.03. The van der Waals surface area contributed by atoms with Crippen LogP contribution in [0, 0.1) is 5.82 Å². The van der Waals surface area contributed by atoms with Crippen LogP contribution in [0.3, 0.4) is 0 Å². The molecule has 152 valence electrons. The lowest BCUT2D eigenvalue weighted by Gasteiger charge is -2.27. The van der Waals surface area contributed by atoms with Gasteiger partial charge in [-0.3, -0.25) is 0 Å². The highest BCUT2D eigenvalue weighted by atomic mass is 19.1. The molecule has 2 amide bonds. The van der Waals surface area contributed by atoms with E-state index in [1.165, 1.54) is 12.3 Å². The highest BCUT2D eigenvalue weighted by Gasteiger charge is 2.35. The Labute approximate surface area is 164 Å². The summed E-state index contributed by atoms with van der Waals surface area (Å²) in [6.07, 6.45) is 1.39. The van der Waals surface area contributed by atoms with E-state index in [1.807, 2.05) is 0 Å². The number of halogens is 1. The molecule has 0 saturated carbocycles. The number of esters is 2. The Morgan fingerprint density at radius 3 is 2.69 bits per heavy atom. The van der Waals surface area contributed by atoms with E-state index < -0.39 is 36.4 Å². The summed E-state index contributed by atoms with van der Waals surface area (Å²) in [4.78, 5) is 36.9. The molecule has 0 aliphatic carbocycles. The fraction of sp³-hybridized carbons (Fsp3) is 0.211. The number of nitrogen functional groups attached to an aromatic ring is 1. The van der Waals surface area contributed by atoms with E-state index in [1.54, 1.807) is 19.1 Å². The maximum absolute atomic E-state index is 13.2. The second kappa shape index (κ2) is 8.46. The number of hydrogen-bond donors (Lipinski definition) is 3. The number of carbonyl (C=O) groups is 3. The quantitative estimate of drug-likeness (QED) is 0.496. The van der Waals surface area contributed by atoms with Gasteiger partial charge < -0.3 is 30.3 Å². The summed E-state index contributed by atoms with van der Waals surface area (Å²) in [5, 5.41) is 5.02. The lowest BCUT2D eigenvalue weighted by atomic mass is 10.0. The SMILES string of the molecule is CCOC(=O)C1=C(COC(=O)c2ccc(F)cc2N)NC(=O)NC1c1ccco1. The summed E-state index contributed by atoms with van der Waals surface area (Å²) in [5.74, 6) is -1.86. The van der Waals surface area contributed by atoms with Crippen molar-refractivity contribution in [2.45, 2.75) is 13.0 Å². The molecule has 3 rings (SSSR count). The van der Waals surface area contributed by atoms with Crippen molar-refractivity contribution in [1.82, 2.24) is 10.6 Å². The number of nitrogens with two attached hydrogens (primary N) is 1. The minimum absolute atomic E-state index is 0.0290. The molecule has 2 aromatic rings. The molecule has 1 aromatic carbocycles. The van der Waals surface area contributed by atoms with Gasteiger partial charge in [0, 0.05) is 5.69 Å². The average molecular weight is 403 g/mol. The number of anilines is 1. The fourth-order valence-corrected chi connectivity index (χ4v) is 2.79. The summed E-state index contributed by atoms with van der Waals surface area (Å²) in [5.41, 5.74) is 5.55. The van der Waals surface area contributed by atoms with E-state index >= 15 is 0 Å². The van der Waals surface area contributed by atoms with Gasteiger partial charge in [0.15, 0.2) is 0 Å². The Kier molecular flexibility index (Phi) is 5.82. The Morgan fingerprint density at radius 2 is 2.03 bits per heavy atom. The van der Waals surface area contributed by atoms with Gasteiger partial charge in [0.2, 0.25) is 0 Å². The van der Waals surface area contributed by atoms with E-state index in [2.05, 4.69) is 10.6 Å². The Hall–Kier alpha value is -3.82. The van der Waals surface area contributed by atoms with Crippen LogP contribution in [0.4, 0.5) is 14.9 Å². The van der Waals surface area contributed by atoms with Gasteiger partial charge >= 0.3 is 18.0 Å². The van der Waals surface area contributed by atoms with Crippen molar-refractivity contribution in [2.24, 2.45) is 0 Å². The highest BCUT2D eigenvalue weighted by Crippen LogP contribution is 2.28. The van der Waals surface area contributed by atoms with Crippen LogP contribution >= 0.6 is 0 Å². The van der Waals surface area contributed by atoms with Crippen molar-refractivity contribution in [3.63, 3.8) is 0 Å². The maximum Gasteiger partial charge on any atom is 0.340 e. The lowest BCUT2D eigenvalue weighted by molar-refractivity contribution is -0.139. The third kappa shape index (κ3) is 4.37. The molecule has 1 aromatic heterocycles. The van der Waals surface area contributed by atoms with Crippen molar-refractivity contribution in [3.05, 3.63) is 65.0 Å². The molecular weight excluding hydrogens is 385 g/mol. The smallest absolute Gasteiger partial charge is 0.340 e. The first kappa shape index (κ1) is 19.9. The van der Waals surface area contributed by atoms with Gasteiger partial charge in [0.05, 0.1) is 29.7 Å². The zero-order valence-electron chi connectivity index (χ0n) is 15.4. The van der Waals surface area contributed by atoms with E-state index in [-0.39, 0.29) is 29.1 Å². The van der Waals surface area contributed by atoms with Crippen molar-refractivity contribution in [2.75, 3.05) is 18.9 Å². The number of benzene rings is 1. The van der Waals surface area contributed by atoms with E-state index in [4.69, 9.17) is 19.6 Å². The average Bonchev–Trinajstić information content (AvgIpc) is 3.20. The molecule has 0 spiro atoms. The summed E-state index contributed by atoms with van der Waals surface area (Å²) >= 11 is 0. The standard InChI is InChI=1S/C19H18FN3O6/c1-2-27-18(25)15-13(22-19(26)23-16(15)14-4-3-7-28-14)9-29-17(24)11-6-5-10(20)8-12(11)21/h3-8,16H,2,9,21H2,1H3,(H2,22,23,26). The zero-order chi connectivity index (χ0) is 21.0. The van der Waals surface area contributed by atoms with Crippen LogP contribution in [0.5, 0.6) is 0 Å². The number of rotatable bonds is 6. The number of hydrogen-bond acceptors (Lipinski definition) is 7. The first-order chi connectivity index (χ1) is 13.9. The van der Waals surface area contributed by atoms with Crippen LogP contribution in [0.15, 0.2) is 52.3 Å². The summed E-state index contributed by atoms with van der Waals surface area (Å²) in [6, 6.07) is 4.87. The molecule has 0 bridgehead atoms. The van der Waals surface area contributed by atoms with E-state index in [9.17, 15) is 18.8 Å². The molecule has 0 fully saturated rings. The number of urea groups is 1. The van der Waals surface area contributed by atoms with Crippen LogP contribution in [0.25, 0.3) is 0 Å². The molecule has 2 heterocycles. The minimum Gasteiger partial charge on any atom is -0.467 e. The molecular formula is C19H18FN3O6. The molecule has 1 atom stereocenters. The largest absolute Gasteiger partial charge is 0.467 e. The predicted molar refractivity (Wildman–Crippen MR) is 97.9 cm³/mol. The van der Waals surface area contributed by atoms with Crippen molar-refractivity contribution in [3.8, 4) is 0 Å². The minimum atomic E-state index is -0.928. The van der Waals surface area contributed by atoms with Crippen LogP contribution in [-0.2, 0) is 14.3 Å². The number of nitrogens with one attached hydrogen (secondary N) is 2. The molecule has 1 aliphatic heterocycles. The number of furan rings is 1. The zero-order valence-corrected chi connectivity index (χ0v) is 15.4. The van der Waals surface area contributed by atoms with Gasteiger partial charge in [0.1, 0.15) is 24.2 Å². The number of amides is 2. The molecule has 10 heteroatoms. The summed E-state index contributed by atoms with van der Waals surface area (Å²) in [6.45, 7) is 1.28. The second-order valence-electron chi connectivity index (χ2n) is 5.97. The van der Waals surface area contributed by atoms with Crippen molar-refractivity contribution >= 4 is 23.7 Å². The third-order valence-electron chi connectivity index (χ3n) is 4.06. The second-order valence-corrected chi connectivity index (χ2v) is 5.97. The van der Waals surface area contributed by atoms with Gasteiger partial charge in [-0.15, -0.1) is 0 Å². The lowest BCUT2D eigenvalue weighted by Crippen LogP contribution is -2.47. The first-order valence-electron chi connectivity index (χ1n) is 8.64.